The Morgan fingerprint density at radius 3 is 2.78 bits per heavy atom. The van der Waals surface area contributed by atoms with Crippen molar-refractivity contribution in [3.63, 3.8) is 0 Å². The van der Waals surface area contributed by atoms with E-state index in [1.165, 1.54) is 19.0 Å². The quantitative estimate of drug-likeness (QED) is 0.401. The van der Waals surface area contributed by atoms with E-state index in [0.29, 0.717) is 35.0 Å². The molecule has 2 fully saturated rings. The van der Waals surface area contributed by atoms with E-state index in [9.17, 15) is 9.59 Å². The smallest absolute Gasteiger partial charge is 0.272 e. The molecule has 8 nitrogen and oxygen atoms in total. The summed E-state index contributed by atoms with van der Waals surface area (Å²) in [5, 5.41) is 8.29. The normalized spacial score (nSPS) is 18.3. The minimum atomic E-state index is -0.0904. The highest BCUT2D eigenvalue weighted by molar-refractivity contribution is 6.33. The van der Waals surface area contributed by atoms with Crippen LogP contribution in [0.4, 0.5) is 17.1 Å². The van der Waals surface area contributed by atoms with Gasteiger partial charge in [0.1, 0.15) is 5.69 Å². The molecule has 1 aliphatic heterocycles. The summed E-state index contributed by atoms with van der Waals surface area (Å²) in [6.45, 7) is 3.51. The van der Waals surface area contributed by atoms with Gasteiger partial charge in [0.2, 0.25) is 0 Å². The fourth-order valence-electron chi connectivity index (χ4n) is 5.23. The van der Waals surface area contributed by atoms with Gasteiger partial charge >= 0.3 is 0 Å². The number of likely N-dealkylation sites (tertiary alicyclic amines) is 1. The van der Waals surface area contributed by atoms with Crippen LogP contribution in [0.15, 0.2) is 41.3 Å². The van der Waals surface area contributed by atoms with Crippen LogP contribution in [0.5, 0.6) is 0 Å². The summed E-state index contributed by atoms with van der Waals surface area (Å²) in [5.41, 5.74) is 3.40. The van der Waals surface area contributed by atoms with E-state index in [1.807, 2.05) is 23.1 Å². The highest BCUT2D eigenvalue weighted by Gasteiger charge is 2.30. The SMILES string of the molecule is COCCC1CCCN1C(=O)c1cc(Nc2ccc3c(c2)c(N[C@H](C)C2CC2)cc(=O)n3C)c(Cl)cn1. The van der Waals surface area contributed by atoms with Crippen LogP contribution in [0.25, 0.3) is 10.9 Å². The maximum atomic E-state index is 13.3. The van der Waals surface area contributed by atoms with Crippen LogP contribution in [0, 0.1) is 5.92 Å². The number of carbonyl (C=O) groups is 1. The first-order valence-electron chi connectivity index (χ1n) is 13.0. The molecule has 196 valence electrons. The predicted octanol–water partition coefficient (Wildman–Crippen LogP) is 5.18. The van der Waals surface area contributed by atoms with Gasteiger partial charge in [0.15, 0.2) is 0 Å². The molecule has 2 aliphatic rings. The van der Waals surface area contributed by atoms with Crippen LogP contribution >= 0.6 is 11.6 Å². The predicted molar refractivity (Wildman–Crippen MR) is 148 cm³/mol. The first-order chi connectivity index (χ1) is 17.9. The second-order valence-corrected chi connectivity index (χ2v) is 10.6. The lowest BCUT2D eigenvalue weighted by Gasteiger charge is -2.24. The van der Waals surface area contributed by atoms with Gasteiger partial charge in [-0.2, -0.15) is 0 Å². The van der Waals surface area contributed by atoms with Crippen molar-refractivity contribution in [3.05, 3.63) is 57.6 Å². The number of hydrogen-bond donors (Lipinski definition) is 2. The molecule has 1 saturated heterocycles. The highest BCUT2D eigenvalue weighted by Crippen LogP contribution is 2.36. The third-order valence-electron chi connectivity index (χ3n) is 7.61. The maximum absolute atomic E-state index is 13.3. The van der Waals surface area contributed by atoms with E-state index in [1.54, 1.807) is 30.9 Å². The fraction of sp³-hybridized carbons (Fsp3) is 0.464. The molecule has 1 saturated carbocycles. The van der Waals surface area contributed by atoms with Crippen molar-refractivity contribution < 1.29 is 9.53 Å². The first-order valence-corrected chi connectivity index (χ1v) is 13.4. The number of nitrogens with one attached hydrogen (secondary N) is 2. The lowest BCUT2D eigenvalue weighted by atomic mass is 10.1. The Morgan fingerprint density at radius 2 is 2.03 bits per heavy atom. The molecule has 2 N–H and O–H groups in total. The van der Waals surface area contributed by atoms with Gasteiger partial charge in [0.25, 0.3) is 11.5 Å². The van der Waals surface area contributed by atoms with Crippen molar-refractivity contribution in [1.29, 1.82) is 0 Å². The summed E-state index contributed by atoms with van der Waals surface area (Å²) in [4.78, 5) is 32.1. The second kappa shape index (κ2) is 10.7. The van der Waals surface area contributed by atoms with Crippen LogP contribution in [0.1, 0.15) is 49.5 Å². The molecule has 37 heavy (non-hydrogen) atoms. The molecule has 5 rings (SSSR count). The molecule has 1 aliphatic carbocycles. The Kier molecular flexibility index (Phi) is 7.40. The number of ether oxygens (including phenoxy) is 1. The average Bonchev–Trinajstić information content (AvgIpc) is 3.65. The summed E-state index contributed by atoms with van der Waals surface area (Å²) in [7, 11) is 3.46. The molecule has 2 atom stereocenters. The van der Waals surface area contributed by atoms with Crippen molar-refractivity contribution in [2.75, 3.05) is 30.9 Å². The molecule has 1 aromatic carbocycles. The van der Waals surface area contributed by atoms with Crippen LogP contribution in [-0.2, 0) is 11.8 Å². The molecule has 1 amide bonds. The largest absolute Gasteiger partial charge is 0.385 e. The Balaban J connectivity index is 1.42. The number of anilines is 3. The summed E-state index contributed by atoms with van der Waals surface area (Å²) < 4.78 is 6.87. The van der Waals surface area contributed by atoms with Gasteiger partial charge in [-0.15, -0.1) is 0 Å². The van der Waals surface area contributed by atoms with Gasteiger partial charge in [-0.05, 0) is 69.2 Å². The number of carbonyl (C=O) groups excluding carboxylic acids is 1. The minimum absolute atomic E-state index is 0.0512. The number of amides is 1. The number of aryl methyl sites for hydroxylation is 1. The summed E-state index contributed by atoms with van der Waals surface area (Å²) in [5.74, 6) is 0.559. The zero-order chi connectivity index (χ0) is 26.1. The van der Waals surface area contributed by atoms with Crippen LogP contribution in [0.2, 0.25) is 5.02 Å². The van der Waals surface area contributed by atoms with E-state index < -0.39 is 0 Å². The Bertz CT molecular complexity index is 1370. The lowest BCUT2D eigenvalue weighted by molar-refractivity contribution is 0.0697. The van der Waals surface area contributed by atoms with Crippen molar-refractivity contribution >= 4 is 45.5 Å². The number of aromatic nitrogens is 2. The van der Waals surface area contributed by atoms with E-state index in [0.717, 1.165) is 48.1 Å². The van der Waals surface area contributed by atoms with E-state index >= 15 is 0 Å². The van der Waals surface area contributed by atoms with Gasteiger partial charge < -0.3 is 24.8 Å². The molecular weight excluding hydrogens is 490 g/mol. The average molecular weight is 524 g/mol. The standard InChI is InChI=1S/C28H34ClN5O3/c1-17(18-6-7-18)31-23-15-27(35)33(2)26-9-8-19(13-21(23)26)32-24-14-25(30-16-22(24)29)28(36)34-11-4-5-20(34)10-12-37-3/h8-9,13-18,20,31H,4-7,10-12H2,1-3H3,(H,30,32)/t17-,20?/m1/s1. The Labute approximate surface area is 222 Å². The molecule has 3 heterocycles. The van der Waals surface area contributed by atoms with Crippen molar-refractivity contribution in [1.82, 2.24) is 14.5 Å². The van der Waals surface area contributed by atoms with E-state index in [-0.39, 0.29) is 17.5 Å². The summed E-state index contributed by atoms with van der Waals surface area (Å²) in [6, 6.07) is 9.70. The van der Waals surface area contributed by atoms with Crippen LogP contribution in [-0.4, -0.2) is 52.7 Å². The third-order valence-corrected chi connectivity index (χ3v) is 7.91. The highest BCUT2D eigenvalue weighted by atomic mass is 35.5. The van der Waals surface area contributed by atoms with Gasteiger partial charge in [0, 0.05) is 68.4 Å². The van der Waals surface area contributed by atoms with Gasteiger partial charge in [-0.3, -0.25) is 9.59 Å². The van der Waals surface area contributed by atoms with Gasteiger partial charge in [0.05, 0.1) is 16.2 Å². The number of hydrogen-bond acceptors (Lipinski definition) is 6. The number of rotatable bonds is 9. The molecule has 3 aromatic rings. The summed E-state index contributed by atoms with van der Waals surface area (Å²) in [6.07, 6.45) is 6.73. The number of methoxy groups -OCH3 is 1. The molecule has 1 unspecified atom stereocenters. The van der Waals surface area contributed by atoms with E-state index in [2.05, 4.69) is 22.5 Å². The van der Waals surface area contributed by atoms with Gasteiger partial charge in [-0.1, -0.05) is 11.6 Å². The number of pyridine rings is 2. The molecule has 9 heteroatoms. The number of benzene rings is 1. The topological polar surface area (TPSA) is 88.5 Å². The Morgan fingerprint density at radius 1 is 1.22 bits per heavy atom. The second-order valence-electron chi connectivity index (χ2n) is 10.2. The molecule has 0 radical (unpaired) electrons. The lowest BCUT2D eigenvalue weighted by Crippen LogP contribution is -2.36. The Hall–Kier alpha value is -3.10. The van der Waals surface area contributed by atoms with Crippen LogP contribution < -0.4 is 16.2 Å². The van der Waals surface area contributed by atoms with Crippen molar-refractivity contribution in [2.24, 2.45) is 13.0 Å². The number of halogens is 1. The minimum Gasteiger partial charge on any atom is -0.385 e. The summed E-state index contributed by atoms with van der Waals surface area (Å²) >= 11 is 6.49. The zero-order valence-corrected chi connectivity index (χ0v) is 22.3. The number of fused-ring (bicyclic) bond motifs is 1. The third kappa shape index (κ3) is 5.45. The zero-order valence-electron chi connectivity index (χ0n) is 21.6. The van der Waals surface area contributed by atoms with Crippen molar-refractivity contribution in [3.8, 4) is 0 Å². The molecule has 0 bridgehead atoms. The van der Waals surface area contributed by atoms with Crippen molar-refractivity contribution in [2.45, 2.75) is 51.1 Å². The maximum Gasteiger partial charge on any atom is 0.272 e. The molecule has 0 spiro atoms. The first kappa shape index (κ1) is 25.5. The fourth-order valence-corrected chi connectivity index (χ4v) is 5.38. The molecular formula is C28H34ClN5O3. The van der Waals surface area contributed by atoms with Crippen LogP contribution in [0.3, 0.4) is 0 Å². The van der Waals surface area contributed by atoms with E-state index in [4.69, 9.17) is 16.3 Å². The van der Waals surface area contributed by atoms with Gasteiger partial charge in [-0.25, -0.2) is 4.98 Å². The molecule has 2 aromatic heterocycles. The monoisotopic (exact) mass is 523 g/mol. The number of nitrogens with zero attached hydrogens (tertiary/aromatic N) is 3.